The molecule has 82 valence electrons. The molecular weight excluding hydrogens is 174 g/mol. The van der Waals surface area contributed by atoms with Crippen molar-refractivity contribution in [3.8, 4) is 0 Å². The summed E-state index contributed by atoms with van der Waals surface area (Å²) in [4.78, 5) is 3.96. The molecule has 3 nitrogen and oxygen atoms in total. The topological polar surface area (TPSA) is 42.1 Å². The van der Waals surface area contributed by atoms with E-state index in [0.717, 1.165) is 12.1 Å². The summed E-state index contributed by atoms with van der Waals surface area (Å²) in [7, 11) is 1.83. The van der Waals surface area contributed by atoms with E-state index in [1.807, 2.05) is 53.1 Å². The zero-order valence-electron chi connectivity index (χ0n) is 9.99. The number of hydrogen-bond donors (Lipinski definition) is 1. The Morgan fingerprint density at radius 3 is 2.21 bits per heavy atom. The summed E-state index contributed by atoms with van der Waals surface area (Å²) in [5.41, 5.74) is 1.13. The minimum absolute atomic E-state index is 0.744. The number of hydrazine groups is 1. The quantitative estimate of drug-likeness (QED) is 0.585. The van der Waals surface area contributed by atoms with Crippen LogP contribution in [0.15, 0.2) is 24.5 Å². The first-order chi connectivity index (χ1) is 6.79. The molecule has 1 aromatic heterocycles. The van der Waals surface area contributed by atoms with Crippen molar-refractivity contribution in [1.29, 1.82) is 0 Å². The zero-order chi connectivity index (χ0) is 11.4. The van der Waals surface area contributed by atoms with Crippen molar-refractivity contribution >= 4 is 0 Å². The van der Waals surface area contributed by atoms with E-state index in [1.54, 1.807) is 11.2 Å². The number of aromatic nitrogens is 1. The van der Waals surface area contributed by atoms with Crippen molar-refractivity contribution in [2.45, 2.75) is 34.2 Å². The Bertz CT molecular complexity index is 185. The first kappa shape index (κ1) is 15.5. The second kappa shape index (κ2) is 12.1. The normalized spacial score (nSPS) is 8.21. The minimum atomic E-state index is 0.744. The molecule has 0 saturated heterocycles. The third kappa shape index (κ3) is 9.16. The molecule has 1 aromatic rings. The van der Waals surface area contributed by atoms with E-state index in [9.17, 15) is 0 Å². The number of nitrogens with two attached hydrogens (primary N) is 1. The Balaban J connectivity index is 0. The van der Waals surface area contributed by atoms with Crippen molar-refractivity contribution in [1.82, 2.24) is 9.99 Å². The van der Waals surface area contributed by atoms with E-state index < -0.39 is 0 Å². The first-order valence-corrected chi connectivity index (χ1v) is 5.14. The van der Waals surface area contributed by atoms with E-state index in [0.29, 0.717) is 0 Å². The standard InChI is InChI=1S/C7H11N3.2C2H6/c1-10(8)6-7-3-2-4-9-5-7;2*1-2/h2-5H,6,8H2,1H3;2*1-2H3. The molecule has 0 atom stereocenters. The molecule has 0 aliphatic heterocycles. The Morgan fingerprint density at radius 2 is 1.86 bits per heavy atom. The number of pyridine rings is 1. The highest BCUT2D eigenvalue weighted by atomic mass is 15.4. The Morgan fingerprint density at radius 1 is 1.29 bits per heavy atom. The van der Waals surface area contributed by atoms with Gasteiger partial charge in [0.2, 0.25) is 0 Å². The zero-order valence-corrected chi connectivity index (χ0v) is 9.99. The van der Waals surface area contributed by atoms with Crippen LogP contribution in [0, 0.1) is 0 Å². The molecule has 1 heterocycles. The molecule has 2 N–H and O–H groups in total. The maximum absolute atomic E-state index is 5.43. The number of hydrogen-bond acceptors (Lipinski definition) is 3. The van der Waals surface area contributed by atoms with Gasteiger partial charge in [-0.3, -0.25) is 10.8 Å². The van der Waals surface area contributed by atoms with Gasteiger partial charge in [-0.05, 0) is 11.6 Å². The van der Waals surface area contributed by atoms with Gasteiger partial charge in [0.25, 0.3) is 0 Å². The van der Waals surface area contributed by atoms with Gasteiger partial charge >= 0.3 is 0 Å². The highest BCUT2D eigenvalue weighted by molar-refractivity contribution is 5.07. The van der Waals surface area contributed by atoms with Crippen LogP contribution in [0.5, 0.6) is 0 Å². The van der Waals surface area contributed by atoms with E-state index in [4.69, 9.17) is 5.84 Å². The summed E-state index contributed by atoms with van der Waals surface area (Å²) in [6.45, 7) is 8.74. The van der Waals surface area contributed by atoms with Crippen LogP contribution in [0.25, 0.3) is 0 Å². The van der Waals surface area contributed by atoms with Gasteiger partial charge in [0.1, 0.15) is 0 Å². The maximum atomic E-state index is 5.43. The van der Waals surface area contributed by atoms with Crippen molar-refractivity contribution < 1.29 is 0 Å². The average molecular weight is 197 g/mol. The van der Waals surface area contributed by atoms with Gasteiger partial charge in [-0.2, -0.15) is 0 Å². The van der Waals surface area contributed by atoms with E-state index >= 15 is 0 Å². The largest absolute Gasteiger partial charge is 0.269 e. The highest BCUT2D eigenvalue weighted by Crippen LogP contribution is 1.96. The number of rotatable bonds is 2. The van der Waals surface area contributed by atoms with Gasteiger partial charge in [-0.1, -0.05) is 33.8 Å². The third-order valence-corrected chi connectivity index (χ3v) is 1.15. The highest BCUT2D eigenvalue weighted by Gasteiger charge is 1.91. The number of nitrogens with zero attached hydrogens (tertiary/aromatic N) is 2. The lowest BCUT2D eigenvalue weighted by atomic mass is 10.3. The smallest absolute Gasteiger partial charge is 0.0391 e. The van der Waals surface area contributed by atoms with Crippen LogP contribution in [0.1, 0.15) is 33.3 Å². The second-order valence-electron chi connectivity index (χ2n) is 2.28. The summed E-state index contributed by atoms with van der Waals surface area (Å²) in [6.07, 6.45) is 3.56. The molecule has 0 amide bonds. The fraction of sp³-hybridized carbons (Fsp3) is 0.545. The Labute approximate surface area is 87.9 Å². The summed E-state index contributed by atoms with van der Waals surface area (Å²) >= 11 is 0. The van der Waals surface area contributed by atoms with Gasteiger partial charge in [0.05, 0.1) is 0 Å². The second-order valence-corrected chi connectivity index (χ2v) is 2.28. The van der Waals surface area contributed by atoms with E-state index in [1.165, 1.54) is 0 Å². The molecule has 0 fully saturated rings. The lowest BCUT2D eigenvalue weighted by molar-refractivity contribution is 0.341. The van der Waals surface area contributed by atoms with Gasteiger partial charge < -0.3 is 0 Å². The van der Waals surface area contributed by atoms with Crippen LogP contribution in [0.3, 0.4) is 0 Å². The van der Waals surface area contributed by atoms with Crippen molar-refractivity contribution in [2.75, 3.05) is 7.05 Å². The summed E-state index contributed by atoms with van der Waals surface area (Å²) < 4.78 is 0. The summed E-state index contributed by atoms with van der Waals surface area (Å²) in [5.74, 6) is 5.43. The van der Waals surface area contributed by atoms with Gasteiger partial charge in [0.15, 0.2) is 0 Å². The monoisotopic (exact) mass is 197 g/mol. The molecule has 0 radical (unpaired) electrons. The third-order valence-electron chi connectivity index (χ3n) is 1.15. The van der Waals surface area contributed by atoms with E-state index in [-0.39, 0.29) is 0 Å². The van der Waals surface area contributed by atoms with Crippen LogP contribution in [0.2, 0.25) is 0 Å². The molecule has 3 heteroatoms. The van der Waals surface area contributed by atoms with Crippen LogP contribution in [-0.2, 0) is 6.54 Å². The molecule has 0 bridgehead atoms. The summed E-state index contributed by atoms with van der Waals surface area (Å²) in [6, 6.07) is 3.90. The van der Waals surface area contributed by atoms with Crippen LogP contribution in [-0.4, -0.2) is 17.0 Å². The predicted octanol–water partition coefficient (Wildman–Crippen LogP) is 2.44. The molecule has 0 aliphatic rings. The van der Waals surface area contributed by atoms with Crippen molar-refractivity contribution in [3.05, 3.63) is 30.1 Å². The Hall–Kier alpha value is -0.930. The molecule has 0 spiro atoms. The molecular formula is C11H23N3. The van der Waals surface area contributed by atoms with Gasteiger partial charge in [0, 0.05) is 26.0 Å². The maximum Gasteiger partial charge on any atom is 0.0391 e. The lowest BCUT2D eigenvalue weighted by Crippen LogP contribution is -2.24. The minimum Gasteiger partial charge on any atom is -0.269 e. The molecule has 0 unspecified atom stereocenters. The molecule has 0 aliphatic carbocycles. The fourth-order valence-corrected chi connectivity index (χ4v) is 0.780. The molecule has 0 aromatic carbocycles. The van der Waals surface area contributed by atoms with Crippen LogP contribution < -0.4 is 5.84 Å². The Kier molecular flexibility index (Phi) is 13.4. The SMILES string of the molecule is CC.CC.CN(N)Cc1cccnc1. The molecule has 14 heavy (non-hydrogen) atoms. The van der Waals surface area contributed by atoms with Crippen molar-refractivity contribution in [3.63, 3.8) is 0 Å². The van der Waals surface area contributed by atoms with Crippen LogP contribution >= 0.6 is 0 Å². The molecule has 0 saturated carbocycles. The molecule has 1 rings (SSSR count). The van der Waals surface area contributed by atoms with Gasteiger partial charge in [-0.15, -0.1) is 0 Å². The lowest BCUT2D eigenvalue weighted by Gasteiger charge is -2.07. The van der Waals surface area contributed by atoms with Gasteiger partial charge in [-0.25, -0.2) is 5.01 Å². The predicted molar refractivity (Wildman–Crippen MR) is 62.6 cm³/mol. The first-order valence-electron chi connectivity index (χ1n) is 5.14. The van der Waals surface area contributed by atoms with Crippen molar-refractivity contribution in [2.24, 2.45) is 5.84 Å². The van der Waals surface area contributed by atoms with E-state index in [2.05, 4.69) is 4.98 Å². The summed E-state index contributed by atoms with van der Waals surface area (Å²) in [5, 5.41) is 1.62. The fourth-order valence-electron chi connectivity index (χ4n) is 0.780. The average Bonchev–Trinajstić information content (AvgIpc) is 2.24. The van der Waals surface area contributed by atoms with Crippen LogP contribution in [0.4, 0.5) is 0 Å².